The maximum atomic E-state index is 13.0. The fourth-order valence-corrected chi connectivity index (χ4v) is 6.01. The fourth-order valence-electron chi connectivity index (χ4n) is 5.82. The number of alkyl halides is 3. The van der Waals surface area contributed by atoms with E-state index < -0.39 is 11.7 Å². The number of nitrogens with zero attached hydrogens (tertiary/aromatic N) is 3. The average molecular weight is 533 g/mol. The molecule has 1 saturated heterocycles. The van der Waals surface area contributed by atoms with E-state index >= 15 is 0 Å². The van der Waals surface area contributed by atoms with Crippen LogP contribution in [-0.2, 0) is 18.1 Å². The molecule has 1 aromatic heterocycles. The maximum Gasteiger partial charge on any atom is 0.416 e. The molecule has 0 bridgehead atoms. The van der Waals surface area contributed by atoms with E-state index in [-0.39, 0.29) is 11.3 Å². The van der Waals surface area contributed by atoms with Crippen LogP contribution in [0.15, 0.2) is 53.1 Å². The predicted octanol–water partition coefficient (Wildman–Crippen LogP) is 6.57. The van der Waals surface area contributed by atoms with Crippen molar-refractivity contribution in [2.24, 2.45) is 0 Å². The molecule has 0 amide bonds. The number of likely N-dealkylation sites (tertiary alicyclic amines) is 1. The molecule has 0 atom stereocenters. The lowest BCUT2D eigenvalue weighted by atomic mass is 9.78. The Morgan fingerprint density at radius 2 is 1.81 bits per heavy atom. The van der Waals surface area contributed by atoms with Crippen molar-refractivity contribution >= 4 is 11.6 Å². The van der Waals surface area contributed by atoms with Crippen LogP contribution in [0.4, 0.5) is 13.2 Å². The number of nitrogens with one attached hydrogen (secondary N) is 1. The molecule has 37 heavy (non-hydrogen) atoms. The second kappa shape index (κ2) is 11.1. The third-order valence-corrected chi connectivity index (χ3v) is 8.12. The van der Waals surface area contributed by atoms with Crippen molar-refractivity contribution in [2.75, 3.05) is 26.2 Å². The Balaban J connectivity index is 1.09. The van der Waals surface area contributed by atoms with Gasteiger partial charge in [0.15, 0.2) is 5.82 Å². The third kappa shape index (κ3) is 6.02. The Morgan fingerprint density at radius 3 is 2.54 bits per heavy atom. The van der Waals surface area contributed by atoms with Crippen molar-refractivity contribution in [1.82, 2.24) is 20.4 Å². The molecule has 198 valence electrons. The summed E-state index contributed by atoms with van der Waals surface area (Å²) in [5, 5.41) is 8.47. The molecule has 0 unspecified atom stereocenters. The SMILES string of the molecule is FC(F)(F)c1cccc(C2CCN(CCNCc3nc(C4(c5cccc(Cl)c5)CCCC4)no3)CC2)c1. The second-order valence-corrected chi connectivity index (χ2v) is 10.7. The smallest absolute Gasteiger partial charge is 0.338 e. The topological polar surface area (TPSA) is 54.2 Å². The van der Waals surface area contributed by atoms with Crippen LogP contribution in [0.1, 0.15) is 72.8 Å². The molecule has 1 aliphatic heterocycles. The van der Waals surface area contributed by atoms with Crippen molar-refractivity contribution < 1.29 is 17.7 Å². The van der Waals surface area contributed by atoms with Crippen LogP contribution >= 0.6 is 11.6 Å². The van der Waals surface area contributed by atoms with E-state index in [1.807, 2.05) is 24.3 Å². The Bertz CT molecular complexity index is 1180. The van der Waals surface area contributed by atoms with Crippen LogP contribution in [0, 0.1) is 0 Å². The quantitative estimate of drug-likeness (QED) is 0.332. The Hall–Kier alpha value is -2.42. The van der Waals surface area contributed by atoms with E-state index in [4.69, 9.17) is 21.1 Å². The van der Waals surface area contributed by atoms with Gasteiger partial charge in [0.2, 0.25) is 5.89 Å². The highest BCUT2D eigenvalue weighted by molar-refractivity contribution is 6.30. The summed E-state index contributed by atoms with van der Waals surface area (Å²) >= 11 is 6.27. The summed E-state index contributed by atoms with van der Waals surface area (Å²) in [6.07, 6.45) is 1.64. The number of piperidine rings is 1. The molecule has 0 radical (unpaired) electrons. The van der Waals surface area contributed by atoms with Crippen LogP contribution in [0.3, 0.4) is 0 Å². The predicted molar refractivity (Wildman–Crippen MR) is 137 cm³/mol. The summed E-state index contributed by atoms with van der Waals surface area (Å²) in [5.74, 6) is 1.48. The normalized spacial score (nSPS) is 18.9. The molecule has 1 saturated carbocycles. The first-order valence-electron chi connectivity index (χ1n) is 13.0. The number of halogens is 4. The molecule has 2 aliphatic rings. The van der Waals surface area contributed by atoms with E-state index in [2.05, 4.69) is 21.4 Å². The van der Waals surface area contributed by atoms with Crippen LogP contribution in [0.25, 0.3) is 0 Å². The minimum Gasteiger partial charge on any atom is -0.338 e. The summed E-state index contributed by atoms with van der Waals surface area (Å²) < 4.78 is 44.7. The molecule has 1 aliphatic carbocycles. The van der Waals surface area contributed by atoms with Gasteiger partial charge >= 0.3 is 6.18 Å². The first-order valence-corrected chi connectivity index (χ1v) is 13.4. The number of benzene rings is 2. The highest BCUT2D eigenvalue weighted by atomic mass is 35.5. The van der Waals surface area contributed by atoms with Gasteiger partial charge in [-0.15, -0.1) is 0 Å². The summed E-state index contributed by atoms with van der Waals surface area (Å²) in [6.45, 7) is 3.87. The highest BCUT2D eigenvalue weighted by Crippen LogP contribution is 2.45. The monoisotopic (exact) mass is 532 g/mol. The van der Waals surface area contributed by atoms with Crippen LogP contribution in [-0.4, -0.2) is 41.2 Å². The van der Waals surface area contributed by atoms with Crippen LogP contribution in [0.5, 0.6) is 0 Å². The molecule has 5 nitrogen and oxygen atoms in total. The lowest BCUT2D eigenvalue weighted by molar-refractivity contribution is -0.137. The van der Waals surface area contributed by atoms with Gasteiger partial charge in [-0.05, 0) is 74.0 Å². The molecular formula is C28H32ClF3N4O. The van der Waals surface area contributed by atoms with Crippen molar-refractivity contribution in [3.05, 3.63) is 82.0 Å². The van der Waals surface area contributed by atoms with Crippen LogP contribution in [0.2, 0.25) is 5.02 Å². The lowest BCUT2D eigenvalue weighted by Gasteiger charge is -2.32. The van der Waals surface area contributed by atoms with Gasteiger partial charge in [0.1, 0.15) is 0 Å². The van der Waals surface area contributed by atoms with Crippen molar-refractivity contribution in [3.8, 4) is 0 Å². The summed E-state index contributed by atoms with van der Waals surface area (Å²) in [6, 6.07) is 13.7. The zero-order valence-corrected chi connectivity index (χ0v) is 21.5. The number of rotatable bonds is 8. The van der Waals surface area contributed by atoms with Gasteiger partial charge in [-0.3, -0.25) is 0 Å². The summed E-state index contributed by atoms with van der Waals surface area (Å²) in [7, 11) is 0. The van der Waals surface area contributed by atoms with Crippen molar-refractivity contribution in [2.45, 2.75) is 62.6 Å². The standard InChI is InChI=1S/C28H32ClF3N4O/c29-24-8-4-6-22(18-24)27(11-1-2-12-27)26-34-25(37-35-26)19-33-13-16-36-14-9-20(10-15-36)21-5-3-7-23(17-21)28(30,31)32/h3-8,17-18,20,33H,1-2,9-16,19H2. The molecule has 9 heteroatoms. The Kier molecular flexibility index (Phi) is 7.88. The minimum absolute atomic E-state index is 0.172. The van der Waals surface area contributed by atoms with Gasteiger partial charge in [-0.25, -0.2) is 0 Å². The van der Waals surface area contributed by atoms with Crippen LogP contribution < -0.4 is 5.32 Å². The zero-order chi connectivity index (χ0) is 25.9. The van der Waals surface area contributed by atoms with Gasteiger partial charge in [-0.2, -0.15) is 18.2 Å². The Morgan fingerprint density at radius 1 is 1.05 bits per heavy atom. The third-order valence-electron chi connectivity index (χ3n) is 7.88. The minimum atomic E-state index is -4.30. The number of aromatic nitrogens is 2. The van der Waals surface area contributed by atoms with E-state index in [9.17, 15) is 13.2 Å². The molecule has 2 fully saturated rings. The molecule has 0 spiro atoms. The molecule has 2 heterocycles. The average Bonchev–Trinajstić information content (AvgIpc) is 3.58. The molecule has 1 N–H and O–H groups in total. The maximum absolute atomic E-state index is 13.0. The summed E-state index contributed by atoms with van der Waals surface area (Å²) in [4.78, 5) is 7.10. The van der Waals surface area contributed by atoms with E-state index in [1.165, 1.54) is 12.1 Å². The zero-order valence-electron chi connectivity index (χ0n) is 20.7. The highest BCUT2D eigenvalue weighted by Gasteiger charge is 2.41. The first-order chi connectivity index (χ1) is 17.8. The van der Waals surface area contributed by atoms with Gasteiger partial charge < -0.3 is 14.7 Å². The molecular weight excluding hydrogens is 501 g/mol. The van der Waals surface area contributed by atoms with Gasteiger partial charge in [0.05, 0.1) is 17.5 Å². The Labute approximate surface area is 220 Å². The lowest BCUT2D eigenvalue weighted by Crippen LogP contribution is -2.37. The van der Waals surface area contributed by atoms with Gasteiger partial charge in [0, 0.05) is 18.1 Å². The van der Waals surface area contributed by atoms with Gasteiger partial charge in [-0.1, -0.05) is 59.9 Å². The van der Waals surface area contributed by atoms with E-state index in [0.717, 1.165) is 87.7 Å². The largest absolute Gasteiger partial charge is 0.416 e. The number of hydrogen-bond acceptors (Lipinski definition) is 5. The van der Waals surface area contributed by atoms with E-state index in [1.54, 1.807) is 0 Å². The fraction of sp³-hybridized carbons (Fsp3) is 0.500. The molecule has 3 aromatic rings. The second-order valence-electron chi connectivity index (χ2n) is 10.2. The van der Waals surface area contributed by atoms with E-state index in [0.29, 0.717) is 17.5 Å². The summed E-state index contributed by atoms with van der Waals surface area (Å²) in [5.41, 5.74) is 1.13. The number of hydrogen-bond donors (Lipinski definition) is 1. The van der Waals surface area contributed by atoms with Crippen molar-refractivity contribution in [1.29, 1.82) is 0 Å². The molecule has 5 rings (SSSR count). The van der Waals surface area contributed by atoms with Crippen molar-refractivity contribution in [3.63, 3.8) is 0 Å². The first kappa shape index (κ1) is 26.2. The molecule has 2 aromatic carbocycles. The van der Waals surface area contributed by atoms with Gasteiger partial charge in [0.25, 0.3) is 0 Å².